The first-order valence-corrected chi connectivity index (χ1v) is 5.98. The summed E-state index contributed by atoms with van der Waals surface area (Å²) in [6.07, 6.45) is 3.39. The molecule has 2 heterocycles. The number of nitrogens with two attached hydrogens (primary N) is 1. The largest absolute Gasteiger partial charge is 0.375 e. The van der Waals surface area contributed by atoms with Crippen LogP contribution in [0.3, 0.4) is 0 Å². The molecule has 0 aliphatic carbocycles. The first kappa shape index (κ1) is 11.6. The molecule has 6 nitrogen and oxygen atoms in total. The quantitative estimate of drug-likeness (QED) is 0.865. The highest BCUT2D eigenvalue weighted by Gasteiger charge is 2.14. The molecule has 0 saturated carbocycles. The minimum Gasteiger partial charge on any atom is -0.375 e. The van der Waals surface area contributed by atoms with Crippen molar-refractivity contribution >= 4 is 28.1 Å². The standard InChI is InChI=1S/C10H13N5OS/c1-3-15-5-7(4-12-15)14-9(16)8-6(2)13-10(11)17-8/h4-5H,3H2,1-2H3,(H2,11,13)(H,14,16). The SMILES string of the molecule is CCn1cc(NC(=O)c2sc(N)nc2C)cn1. The Kier molecular flexibility index (Phi) is 3.10. The van der Waals surface area contributed by atoms with Gasteiger partial charge in [0.25, 0.3) is 5.91 Å². The van der Waals surface area contributed by atoms with Gasteiger partial charge in [-0.15, -0.1) is 0 Å². The van der Waals surface area contributed by atoms with Crippen LogP contribution in [-0.2, 0) is 6.54 Å². The zero-order valence-electron chi connectivity index (χ0n) is 9.60. The van der Waals surface area contributed by atoms with Crippen molar-refractivity contribution in [2.24, 2.45) is 0 Å². The van der Waals surface area contributed by atoms with Gasteiger partial charge >= 0.3 is 0 Å². The van der Waals surface area contributed by atoms with Gasteiger partial charge in [0.1, 0.15) is 4.88 Å². The van der Waals surface area contributed by atoms with Crippen LogP contribution in [0.4, 0.5) is 10.8 Å². The van der Waals surface area contributed by atoms with E-state index in [0.29, 0.717) is 21.4 Å². The van der Waals surface area contributed by atoms with Crippen LogP contribution in [0, 0.1) is 6.92 Å². The Labute approximate surface area is 102 Å². The van der Waals surface area contributed by atoms with Crippen LogP contribution in [-0.4, -0.2) is 20.7 Å². The second kappa shape index (κ2) is 4.54. The van der Waals surface area contributed by atoms with Gasteiger partial charge in [0, 0.05) is 12.7 Å². The lowest BCUT2D eigenvalue weighted by atomic mass is 10.3. The third-order valence-electron chi connectivity index (χ3n) is 2.23. The molecule has 0 unspecified atom stereocenters. The molecule has 3 N–H and O–H groups in total. The highest BCUT2D eigenvalue weighted by Crippen LogP contribution is 2.20. The summed E-state index contributed by atoms with van der Waals surface area (Å²) in [6.45, 7) is 4.51. The van der Waals surface area contributed by atoms with Gasteiger partial charge in [-0.25, -0.2) is 4.98 Å². The summed E-state index contributed by atoms with van der Waals surface area (Å²) in [5.74, 6) is -0.202. The van der Waals surface area contributed by atoms with E-state index in [2.05, 4.69) is 15.4 Å². The van der Waals surface area contributed by atoms with E-state index in [0.717, 1.165) is 6.54 Å². The van der Waals surface area contributed by atoms with Gasteiger partial charge in [-0.3, -0.25) is 9.48 Å². The van der Waals surface area contributed by atoms with Gasteiger partial charge in [0.05, 0.1) is 17.6 Å². The van der Waals surface area contributed by atoms with Gasteiger partial charge in [-0.2, -0.15) is 5.10 Å². The predicted molar refractivity (Wildman–Crippen MR) is 67.1 cm³/mol. The molecule has 0 spiro atoms. The lowest BCUT2D eigenvalue weighted by Gasteiger charge is -1.99. The maximum absolute atomic E-state index is 11.9. The van der Waals surface area contributed by atoms with Gasteiger partial charge in [0.15, 0.2) is 5.13 Å². The Morgan fingerprint density at radius 3 is 2.94 bits per heavy atom. The number of amides is 1. The van der Waals surface area contributed by atoms with Gasteiger partial charge in [-0.05, 0) is 13.8 Å². The van der Waals surface area contributed by atoms with Gasteiger partial charge < -0.3 is 11.1 Å². The molecule has 2 aromatic rings. The van der Waals surface area contributed by atoms with Gasteiger partial charge in [-0.1, -0.05) is 11.3 Å². The van der Waals surface area contributed by atoms with E-state index in [1.165, 1.54) is 11.3 Å². The number of nitrogens with zero attached hydrogens (tertiary/aromatic N) is 3. The number of aryl methyl sites for hydroxylation is 2. The summed E-state index contributed by atoms with van der Waals surface area (Å²) in [5, 5.41) is 7.23. The zero-order chi connectivity index (χ0) is 12.4. The van der Waals surface area contributed by atoms with E-state index in [1.807, 2.05) is 6.92 Å². The highest BCUT2D eigenvalue weighted by molar-refractivity contribution is 7.17. The number of aromatic nitrogens is 3. The Bertz CT molecular complexity index is 545. The molecule has 0 saturated heterocycles. The second-order valence-electron chi connectivity index (χ2n) is 3.51. The Morgan fingerprint density at radius 2 is 2.41 bits per heavy atom. The van der Waals surface area contributed by atoms with Crippen LogP contribution in [0.5, 0.6) is 0 Å². The molecule has 0 aliphatic rings. The lowest BCUT2D eigenvalue weighted by Crippen LogP contribution is -2.11. The molecule has 7 heteroatoms. The minimum atomic E-state index is -0.202. The number of carbonyl (C=O) groups excluding carboxylic acids is 1. The van der Waals surface area contributed by atoms with E-state index in [-0.39, 0.29) is 5.91 Å². The predicted octanol–water partition coefficient (Wildman–Crippen LogP) is 1.50. The Hall–Kier alpha value is -1.89. The second-order valence-corrected chi connectivity index (χ2v) is 4.54. The number of nitrogen functional groups attached to an aromatic ring is 1. The average molecular weight is 251 g/mol. The molecule has 1 amide bonds. The smallest absolute Gasteiger partial charge is 0.267 e. The first-order valence-electron chi connectivity index (χ1n) is 5.17. The van der Waals surface area contributed by atoms with E-state index >= 15 is 0 Å². The highest BCUT2D eigenvalue weighted by atomic mass is 32.1. The van der Waals surface area contributed by atoms with Crippen LogP contribution >= 0.6 is 11.3 Å². The molecule has 90 valence electrons. The fourth-order valence-electron chi connectivity index (χ4n) is 1.42. The van der Waals surface area contributed by atoms with Crippen LogP contribution in [0.15, 0.2) is 12.4 Å². The number of rotatable bonds is 3. The fourth-order valence-corrected chi connectivity index (χ4v) is 2.15. The molecule has 0 fully saturated rings. The lowest BCUT2D eigenvalue weighted by molar-refractivity contribution is 0.103. The fraction of sp³-hybridized carbons (Fsp3) is 0.300. The maximum atomic E-state index is 11.9. The summed E-state index contributed by atoms with van der Waals surface area (Å²) in [6, 6.07) is 0. The molecule has 0 bridgehead atoms. The summed E-state index contributed by atoms with van der Waals surface area (Å²) in [4.78, 5) is 16.5. The number of carbonyl (C=O) groups is 1. The number of anilines is 2. The third kappa shape index (κ3) is 2.44. The summed E-state index contributed by atoms with van der Waals surface area (Å²) in [7, 11) is 0. The molecule has 0 aliphatic heterocycles. The van der Waals surface area contributed by atoms with Crippen LogP contribution in [0.1, 0.15) is 22.3 Å². The number of hydrogen-bond acceptors (Lipinski definition) is 5. The van der Waals surface area contributed by atoms with Crippen molar-refractivity contribution in [2.75, 3.05) is 11.1 Å². The molecule has 17 heavy (non-hydrogen) atoms. The van der Waals surface area contributed by atoms with E-state index in [1.54, 1.807) is 24.0 Å². The molecule has 0 aromatic carbocycles. The van der Waals surface area contributed by atoms with Crippen LogP contribution < -0.4 is 11.1 Å². The van der Waals surface area contributed by atoms with Gasteiger partial charge in [0.2, 0.25) is 0 Å². The molecular weight excluding hydrogens is 238 g/mol. The number of nitrogens with one attached hydrogen (secondary N) is 1. The van der Waals surface area contributed by atoms with E-state index in [9.17, 15) is 4.79 Å². The molecule has 0 atom stereocenters. The number of thiazole rings is 1. The molecule has 2 rings (SSSR count). The normalized spacial score (nSPS) is 10.5. The van der Waals surface area contributed by atoms with Crippen LogP contribution in [0.2, 0.25) is 0 Å². The van der Waals surface area contributed by atoms with Crippen molar-refractivity contribution in [1.29, 1.82) is 0 Å². The Balaban J connectivity index is 2.14. The van der Waals surface area contributed by atoms with Crippen molar-refractivity contribution in [3.63, 3.8) is 0 Å². The van der Waals surface area contributed by atoms with Crippen molar-refractivity contribution in [2.45, 2.75) is 20.4 Å². The van der Waals surface area contributed by atoms with Crippen molar-refractivity contribution in [1.82, 2.24) is 14.8 Å². The van der Waals surface area contributed by atoms with Crippen molar-refractivity contribution < 1.29 is 4.79 Å². The van der Waals surface area contributed by atoms with E-state index < -0.39 is 0 Å². The summed E-state index contributed by atoms with van der Waals surface area (Å²) in [5.41, 5.74) is 6.86. The monoisotopic (exact) mass is 251 g/mol. The zero-order valence-corrected chi connectivity index (χ0v) is 10.4. The summed E-state index contributed by atoms with van der Waals surface area (Å²) < 4.78 is 1.74. The van der Waals surface area contributed by atoms with Crippen LogP contribution in [0.25, 0.3) is 0 Å². The average Bonchev–Trinajstić information content (AvgIpc) is 2.85. The third-order valence-corrected chi connectivity index (χ3v) is 3.22. The van der Waals surface area contributed by atoms with E-state index in [4.69, 9.17) is 5.73 Å². The summed E-state index contributed by atoms with van der Waals surface area (Å²) >= 11 is 1.18. The first-order chi connectivity index (χ1) is 8.10. The molecule has 0 radical (unpaired) electrons. The molecule has 2 aromatic heterocycles. The molecular formula is C10H13N5OS. The number of hydrogen-bond donors (Lipinski definition) is 2. The topological polar surface area (TPSA) is 85.8 Å². The maximum Gasteiger partial charge on any atom is 0.267 e. The Morgan fingerprint density at radius 1 is 1.65 bits per heavy atom. The minimum absolute atomic E-state index is 0.202. The van der Waals surface area contributed by atoms with Crippen molar-refractivity contribution in [3.05, 3.63) is 23.0 Å². The van der Waals surface area contributed by atoms with Crippen molar-refractivity contribution in [3.8, 4) is 0 Å².